The lowest BCUT2D eigenvalue weighted by Crippen LogP contribution is -2.04. The summed E-state index contributed by atoms with van der Waals surface area (Å²) in [6, 6.07) is 10.2. The van der Waals surface area contributed by atoms with Gasteiger partial charge in [-0.05, 0) is 28.4 Å². The molecule has 2 aromatic heterocycles. The second-order valence-corrected chi connectivity index (χ2v) is 5.24. The number of anilines is 1. The van der Waals surface area contributed by atoms with Crippen molar-refractivity contribution in [2.75, 3.05) is 5.73 Å². The fourth-order valence-electron chi connectivity index (χ4n) is 2.05. The summed E-state index contributed by atoms with van der Waals surface area (Å²) in [6.07, 6.45) is 1.80. The maximum atomic E-state index is 5.96. The lowest BCUT2D eigenvalue weighted by molar-refractivity contribution is 0.703. The van der Waals surface area contributed by atoms with E-state index in [0.717, 1.165) is 21.2 Å². The molecule has 0 bridgehead atoms. The third-order valence-electron chi connectivity index (χ3n) is 3.12. The van der Waals surface area contributed by atoms with E-state index in [1.54, 1.807) is 6.20 Å². The van der Waals surface area contributed by atoms with Gasteiger partial charge in [0.2, 0.25) is 0 Å². The zero-order valence-corrected chi connectivity index (χ0v) is 12.1. The minimum absolute atomic E-state index is 0.673. The molecule has 0 aliphatic heterocycles. The first-order valence-corrected chi connectivity index (χ1v) is 6.77. The Hall–Kier alpha value is -1.88. The number of hydrogen-bond acceptors (Lipinski definition) is 3. The van der Waals surface area contributed by atoms with Gasteiger partial charge in [0, 0.05) is 0 Å². The van der Waals surface area contributed by atoms with Crippen LogP contribution in [0.4, 0.5) is 5.69 Å². The van der Waals surface area contributed by atoms with Gasteiger partial charge in [-0.25, -0.2) is 9.67 Å². The fraction of sp³-hybridized carbons (Fsp3) is 0.143. The molecule has 0 fully saturated rings. The zero-order valence-electron chi connectivity index (χ0n) is 10.5. The van der Waals surface area contributed by atoms with E-state index < -0.39 is 0 Å². The molecule has 96 valence electrons. The molecule has 2 heterocycles. The predicted molar refractivity (Wildman–Crippen MR) is 79.9 cm³/mol. The number of halogens is 1. The van der Waals surface area contributed by atoms with Gasteiger partial charge in [0.25, 0.3) is 0 Å². The number of aryl methyl sites for hydroxylation is 1. The van der Waals surface area contributed by atoms with Crippen molar-refractivity contribution in [2.45, 2.75) is 13.5 Å². The molecule has 19 heavy (non-hydrogen) atoms. The van der Waals surface area contributed by atoms with Crippen molar-refractivity contribution in [1.29, 1.82) is 0 Å². The van der Waals surface area contributed by atoms with Gasteiger partial charge in [0.1, 0.15) is 0 Å². The molecule has 0 aliphatic rings. The van der Waals surface area contributed by atoms with Crippen LogP contribution >= 0.6 is 15.9 Å². The van der Waals surface area contributed by atoms with Crippen LogP contribution in [-0.4, -0.2) is 14.8 Å². The lowest BCUT2D eigenvalue weighted by Gasteiger charge is -2.06. The maximum Gasteiger partial charge on any atom is 0.159 e. The number of rotatable bonds is 2. The van der Waals surface area contributed by atoms with Crippen molar-refractivity contribution in [2.24, 2.45) is 0 Å². The molecule has 5 heteroatoms. The van der Waals surface area contributed by atoms with Crippen molar-refractivity contribution < 1.29 is 0 Å². The molecule has 1 aromatic carbocycles. The summed E-state index contributed by atoms with van der Waals surface area (Å²) in [4.78, 5) is 4.54. The first-order valence-electron chi connectivity index (χ1n) is 5.98. The van der Waals surface area contributed by atoms with Crippen LogP contribution in [-0.2, 0) is 6.54 Å². The van der Waals surface area contributed by atoms with E-state index in [1.165, 1.54) is 5.56 Å². The summed E-state index contributed by atoms with van der Waals surface area (Å²) in [7, 11) is 0. The van der Waals surface area contributed by atoms with Crippen LogP contribution in [0.15, 0.2) is 41.0 Å². The van der Waals surface area contributed by atoms with Gasteiger partial charge in [-0.2, -0.15) is 5.10 Å². The average Bonchev–Trinajstić information content (AvgIpc) is 2.81. The second-order valence-electron chi connectivity index (χ2n) is 4.45. The number of fused-ring (bicyclic) bond motifs is 1. The second kappa shape index (κ2) is 4.66. The molecule has 2 N–H and O–H groups in total. The lowest BCUT2D eigenvalue weighted by atomic mass is 10.2. The molecule has 0 radical (unpaired) electrons. The Bertz CT molecular complexity index is 734. The Labute approximate surface area is 119 Å². The molecule has 0 aliphatic carbocycles. The van der Waals surface area contributed by atoms with E-state index in [1.807, 2.05) is 29.8 Å². The predicted octanol–water partition coefficient (Wildman–Crippen LogP) is 3.13. The van der Waals surface area contributed by atoms with Crippen LogP contribution in [0, 0.1) is 6.92 Å². The molecule has 0 spiro atoms. The number of nitrogens with two attached hydrogens (primary N) is 1. The normalized spacial score (nSPS) is 11.1. The summed E-state index contributed by atoms with van der Waals surface area (Å²) in [5.74, 6) is 0. The Morgan fingerprint density at radius 1 is 1.26 bits per heavy atom. The molecule has 3 aromatic rings. The SMILES string of the molecule is Cc1nc2c(cnn2Cc2ccccc2)c(Br)c1N. The average molecular weight is 317 g/mol. The Kier molecular flexibility index (Phi) is 2.98. The van der Waals surface area contributed by atoms with Crippen LogP contribution in [0.5, 0.6) is 0 Å². The van der Waals surface area contributed by atoms with Gasteiger partial charge in [0.15, 0.2) is 5.65 Å². The smallest absolute Gasteiger partial charge is 0.159 e. The van der Waals surface area contributed by atoms with E-state index in [9.17, 15) is 0 Å². The van der Waals surface area contributed by atoms with Crippen LogP contribution in [0.2, 0.25) is 0 Å². The van der Waals surface area contributed by atoms with E-state index in [4.69, 9.17) is 5.73 Å². The molecule has 0 amide bonds. The van der Waals surface area contributed by atoms with Gasteiger partial charge < -0.3 is 5.73 Å². The molecule has 4 nitrogen and oxygen atoms in total. The molecule has 0 atom stereocenters. The molecule has 0 unspecified atom stereocenters. The Morgan fingerprint density at radius 2 is 2.00 bits per heavy atom. The van der Waals surface area contributed by atoms with E-state index in [2.05, 4.69) is 38.1 Å². The quantitative estimate of drug-likeness (QED) is 0.790. The first kappa shape index (κ1) is 12.2. The van der Waals surface area contributed by atoms with E-state index in [0.29, 0.717) is 12.2 Å². The molecule has 3 rings (SSSR count). The van der Waals surface area contributed by atoms with E-state index in [-0.39, 0.29) is 0 Å². The monoisotopic (exact) mass is 316 g/mol. The third kappa shape index (κ3) is 2.10. The van der Waals surface area contributed by atoms with Gasteiger partial charge in [-0.3, -0.25) is 0 Å². The number of hydrogen-bond donors (Lipinski definition) is 1. The highest BCUT2D eigenvalue weighted by Gasteiger charge is 2.12. The third-order valence-corrected chi connectivity index (χ3v) is 3.98. The number of benzene rings is 1. The van der Waals surface area contributed by atoms with Crippen molar-refractivity contribution in [3.8, 4) is 0 Å². The van der Waals surface area contributed by atoms with Gasteiger partial charge in [-0.15, -0.1) is 0 Å². The number of pyridine rings is 1. The van der Waals surface area contributed by atoms with Crippen LogP contribution in [0.25, 0.3) is 11.0 Å². The van der Waals surface area contributed by atoms with Crippen molar-refractivity contribution in [3.63, 3.8) is 0 Å². The summed E-state index contributed by atoms with van der Waals surface area (Å²) in [5, 5.41) is 5.35. The van der Waals surface area contributed by atoms with Crippen molar-refractivity contribution in [1.82, 2.24) is 14.8 Å². The minimum Gasteiger partial charge on any atom is -0.396 e. The fourth-order valence-corrected chi connectivity index (χ4v) is 2.61. The van der Waals surface area contributed by atoms with Crippen LogP contribution in [0.1, 0.15) is 11.3 Å². The zero-order chi connectivity index (χ0) is 13.4. The molecule has 0 saturated carbocycles. The van der Waals surface area contributed by atoms with Gasteiger partial charge >= 0.3 is 0 Å². The Morgan fingerprint density at radius 3 is 2.74 bits per heavy atom. The van der Waals surface area contributed by atoms with Crippen LogP contribution in [0.3, 0.4) is 0 Å². The van der Waals surface area contributed by atoms with Crippen molar-refractivity contribution >= 4 is 32.7 Å². The topological polar surface area (TPSA) is 56.7 Å². The summed E-state index contributed by atoms with van der Waals surface area (Å²) in [5.41, 5.74) is 9.49. The van der Waals surface area contributed by atoms with Crippen LogP contribution < -0.4 is 5.73 Å². The Balaban J connectivity index is 2.11. The standard InChI is InChI=1S/C14H13BrN4/c1-9-13(16)12(15)11-7-17-19(14(11)18-9)8-10-5-3-2-4-6-10/h2-7H,8,16H2,1H3. The highest BCUT2D eigenvalue weighted by Crippen LogP contribution is 2.30. The number of nitrogens with zero attached hydrogens (tertiary/aromatic N) is 3. The first-order chi connectivity index (χ1) is 9.16. The van der Waals surface area contributed by atoms with E-state index >= 15 is 0 Å². The van der Waals surface area contributed by atoms with Crippen molar-refractivity contribution in [3.05, 3.63) is 52.3 Å². The summed E-state index contributed by atoms with van der Waals surface area (Å²) in [6.45, 7) is 2.60. The van der Waals surface area contributed by atoms with Gasteiger partial charge in [0.05, 0.1) is 34.0 Å². The number of nitrogen functional groups attached to an aromatic ring is 1. The maximum absolute atomic E-state index is 5.96. The minimum atomic E-state index is 0.673. The number of aromatic nitrogens is 3. The highest BCUT2D eigenvalue weighted by molar-refractivity contribution is 9.10. The molecular formula is C14H13BrN4. The van der Waals surface area contributed by atoms with Gasteiger partial charge in [-0.1, -0.05) is 30.3 Å². The largest absolute Gasteiger partial charge is 0.396 e. The highest BCUT2D eigenvalue weighted by atomic mass is 79.9. The molecule has 0 saturated heterocycles. The summed E-state index contributed by atoms with van der Waals surface area (Å²) >= 11 is 3.51. The molecular weight excluding hydrogens is 304 g/mol. The summed E-state index contributed by atoms with van der Waals surface area (Å²) < 4.78 is 2.76.